The molecule has 11 heteroatoms. The summed E-state index contributed by atoms with van der Waals surface area (Å²) in [5.41, 5.74) is 2.19. The van der Waals surface area contributed by atoms with Gasteiger partial charge in [0.2, 0.25) is 0 Å². The fraction of sp³-hybridized carbons (Fsp3) is 0.407. The van der Waals surface area contributed by atoms with Gasteiger partial charge in [-0.1, -0.05) is 0 Å². The number of ether oxygens (including phenoxy) is 2. The minimum Gasteiger partial charge on any atom is -0.508 e. The van der Waals surface area contributed by atoms with Crippen molar-refractivity contribution in [2.24, 2.45) is 0 Å². The Balaban J connectivity index is 1.35. The van der Waals surface area contributed by atoms with Crippen molar-refractivity contribution in [3.05, 3.63) is 70.3 Å². The maximum atomic E-state index is 13.5. The minimum absolute atomic E-state index is 0.0617. The van der Waals surface area contributed by atoms with Crippen LogP contribution in [0.3, 0.4) is 0 Å². The molecule has 0 bridgehead atoms. The van der Waals surface area contributed by atoms with Gasteiger partial charge in [0.1, 0.15) is 17.5 Å². The smallest absolute Gasteiger partial charge is 0.253 e. The lowest BCUT2D eigenvalue weighted by Crippen LogP contribution is -2.49. The Bertz CT molecular complexity index is 1450. The van der Waals surface area contributed by atoms with Crippen molar-refractivity contribution in [1.82, 2.24) is 30.1 Å². The third-order valence-corrected chi connectivity index (χ3v) is 7.48. The Hall–Kier alpha value is -3.96. The summed E-state index contributed by atoms with van der Waals surface area (Å²) in [6.07, 6.45) is 2.05. The Morgan fingerprint density at radius 2 is 1.95 bits per heavy atom. The first kappa shape index (κ1) is 24.4. The molecule has 4 aromatic rings. The maximum absolute atomic E-state index is 13.5. The van der Waals surface area contributed by atoms with E-state index in [2.05, 4.69) is 30.3 Å². The fourth-order valence-corrected chi connectivity index (χ4v) is 5.45. The van der Waals surface area contributed by atoms with Gasteiger partial charge in [0, 0.05) is 50.1 Å². The lowest BCUT2D eigenvalue weighted by Gasteiger charge is -2.39. The molecule has 38 heavy (non-hydrogen) atoms. The van der Waals surface area contributed by atoms with Gasteiger partial charge in [-0.05, 0) is 71.1 Å². The van der Waals surface area contributed by atoms with Crippen molar-refractivity contribution in [3.8, 4) is 11.5 Å². The van der Waals surface area contributed by atoms with Gasteiger partial charge in [-0.3, -0.25) is 9.69 Å². The summed E-state index contributed by atoms with van der Waals surface area (Å²) in [5, 5.41) is 23.3. The Morgan fingerprint density at radius 1 is 1.13 bits per heavy atom. The second-order valence-electron chi connectivity index (χ2n) is 9.80. The first-order valence-corrected chi connectivity index (χ1v) is 13.0. The van der Waals surface area contributed by atoms with Crippen LogP contribution in [0.5, 0.6) is 11.5 Å². The quantitative estimate of drug-likeness (QED) is 0.380. The number of tetrazole rings is 1. The van der Waals surface area contributed by atoms with E-state index in [9.17, 15) is 9.90 Å². The number of benzene rings is 2. The molecular weight excluding hydrogens is 486 g/mol. The van der Waals surface area contributed by atoms with Gasteiger partial charge in [-0.15, -0.1) is 5.10 Å². The van der Waals surface area contributed by atoms with Crippen molar-refractivity contribution < 1.29 is 14.6 Å². The van der Waals surface area contributed by atoms with Crippen LogP contribution in [0, 0.1) is 0 Å². The number of hydrogen-bond acceptors (Lipinski definition) is 9. The number of aromatic nitrogens is 5. The molecule has 2 saturated heterocycles. The number of nitrogens with zero attached hydrogens (tertiary/aromatic N) is 6. The molecule has 2 atom stereocenters. The Labute approximate surface area is 219 Å². The van der Waals surface area contributed by atoms with E-state index in [1.165, 1.54) is 0 Å². The van der Waals surface area contributed by atoms with Crippen LogP contribution in [-0.2, 0) is 11.3 Å². The summed E-state index contributed by atoms with van der Waals surface area (Å²) in [4.78, 5) is 21.1. The molecule has 2 aliphatic rings. The minimum atomic E-state index is -0.427. The zero-order valence-electron chi connectivity index (χ0n) is 21.3. The number of rotatable bonds is 7. The van der Waals surface area contributed by atoms with Crippen LogP contribution in [-0.4, -0.2) is 81.2 Å². The summed E-state index contributed by atoms with van der Waals surface area (Å²) in [6, 6.07) is 14.4. The normalized spacial score (nSPS) is 19.2. The lowest BCUT2D eigenvalue weighted by molar-refractivity contribution is 0.0906. The van der Waals surface area contributed by atoms with E-state index in [1.807, 2.05) is 36.4 Å². The molecule has 4 heterocycles. The van der Waals surface area contributed by atoms with Gasteiger partial charge in [-0.25, -0.2) is 4.68 Å². The molecule has 2 aliphatic heterocycles. The summed E-state index contributed by atoms with van der Waals surface area (Å²) >= 11 is 0. The van der Waals surface area contributed by atoms with Crippen molar-refractivity contribution >= 4 is 16.6 Å². The number of hydrogen-bond donors (Lipinski definition) is 2. The number of anilines is 1. The predicted octanol–water partition coefficient (Wildman–Crippen LogP) is 2.32. The predicted molar refractivity (Wildman–Crippen MR) is 142 cm³/mol. The highest BCUT2D eigenvalue weighted by atomic mass is 16.5. The van der Waals surface area contributed by atoms with Gasteiger partial charge in [-0.2, -0.15) is 0 Å². The molecule has 0 saturated carbocycles. The first-order valence-electron chi connectivity index (χ1n) is 13.0. The van der Waals surface area contributed by atoms with E-state index in [4.69, 9.17) is 9.47 Å². The van der Waals surface area contributed by atoms with Crippen LogP contribution in [0.25, 0.3) is 10.9 Å². The monoisotopic (exact) mass is 517 g/mol. The molecule has 0 radical (unpaired) electrons. The molecule has 2 N–H and O–H groups in total. The summed E-state index contributed by atoms with van der Waals surface area (Å²) in [6.45, 7) is 4.24. The first-order chi connectivity index (χ1) is 18.6. The highest BCUT2D eigenvalue weighted by Gasteiger charge is 2.33. The van der Waals surface area contributed by atoms with Gasteiger partial charge >= 0.3 is 0 Å². The van der Waals surface area contributed by atoms with Crippen molar-refractivity contribution in [2.45, 2.75) is 31.5 Å². The molecule has 2 aromatic carbocycles. The van der Waals surface area contributed by atoms with E-state index >= 15 is 0 Å². The third kappa shape index (κ3) is 4.82. The molecule has 11 nitrogen and oxygen atoms in total. The Morgan fingerprint density at radius 3 is 2.68 bits per heavy atom. The molecule has 0 spiro atoms. The molecule has 6 rings (SSSR count). The molecule has 198 valence electrons. The molecule has 2 fully saturated rings. The number of phenolic OH excluding ortho intramolecular Hbond substituents is 1. The highest BCUT2D eigenvalue weighted by Crippen LogP contribution is 2.30. The van der Waals surface area contributed by atoms with E-state index in [0.29, 0.717) is 42.3 Å². The number of piperazine rings is 1. The maximum Gasteiger partial charge on any atom is 0.253 e. The molecule has 2 aromatic heterocycles. The number of phenols is 1. The zero-order chi connectivity index (χ0) is 26.1. The number of fused-ring (bicyclic) bond motifs is 1. The summed E-state index contributed by atoms with van der Waals surface area (Å²) in [7, 11) is 1.61. The van der Waals surface area contributed by atoms with E-state index in [0.717, 1.165) is 43.6 Å². The van der Waals surface area contributed by atoms with Gasteiger partial charge in [0.25, 0.3) is 5.56 Å². The molecular formula is C27H31N7O4. The number of pyridine rings is 1. The van der Waals surface area contributed by atoms with Crippen LogP contribution in [0.2, 0.25) is 0 Å². The van der Waals surface area contributed by atoms with E-state index < -0.39 is 6.04 Å². The zero-order valence-corrected chi connectivity index (χ0v) is 21.3. The van der Waals surface area contributed by atoms with Gasteiger partial charge in [0.15, 0.2) is 5.82 Å². The van der Waals surface area contributed by atoms with Crippen molar-refractivity contribution in [2.75, 3.05) is 44.8 Å². The number of methoxy groups -OCH3 is 1. The van der Waals surface area contributed by atoms with Crippen LogP contribution in [0.1, 0.15) is 30.3 Å². The number of H-pyrrole nitrogens is 1. The molecule has 0 aliphatic carbocycles. The average molecular weight is 518 g/mol. The van der Waals surface area contributed by atoms with E-state index in [-0.39, 0.29) is 17.4 Å². The fourth-order valence-electron chi connectivity index (χ4n) is 5.45. The average Bonchev–Trinajstić information content (AvgIpc) is 3.63. The summed E-state index contributed by atoms with van der Waals surface area (Å²) < 4.78 is 13.0. The number of nitrogens with one attached hydrogen (secondary N) is 1. The third-order valence-electron chi connectivity index (χ3n) is 7.48. The van der Waals surface area contributed by atoms with Gasteiger partial charge < -0.3 is 24.5 Å². The van der Waals surface area contributed by atoms with Gasteiger partial charge in [0.05, 0.1) is 25.3 Å². The lowest BCUT2D eigenvalue weighted by atomic mass is 10.0. The molecule has 0 unspecified atom stereocenters. The van der Waals surface area contributed by atoms with Crippen LogP contribution in [0.15, 0.2) is 53.3 Å². The SMILES string of the molecule is COc1ccc2cc([C@@H](c3nnnn3C[C@@H]3CCCO3)N3CCN(c4ccc(O)cc4)CC3)c(=O)[nH]c2c1. The van der Waals surface area contributed by atoms with Crippen LogP contribution in [0.4, 0.5) is 5.69 Å². The number of aromatic amines is 1. The highest BCUT2D eigenvalue weighted by molar-refractivity contribution is 5.80. The Kier molecular flexibility index (Phi) is 6.69. The largest absolute Gasteiger partial charge is 0.508 e. The second-order valence-corrected chi connectivity index (χ2v) is 9.80. The van der Waals surface area contributed by atoms with Crippen LogP contribution >= 0.6 is 0 Å². The summed E-state index contributed by atoms with van der Waals surface area (Å²) in [5.74, 6) is 1.57. The van der Waals surface area contributed by atoms with E-state index in [1.54, 1.807) is 23.9 Å². The topological polar surface area (TPSA) is 122 Å². The van der Waals surface area contributed by atoms with Crippen molar-refractivity contribution in [3.63, 3.8) is 0 Å². The number of aromatic hydroxyl groups is 1. The standard InChI is InChI=1S/C27H31N7O4/c1-37-21-9-4-18-15-23(27(36)28-24(18)16-21)25(26-29-30-31-34(26)17-22-3-2-14-38-22)33-12-10-32(11-13-33)19-5-7-20(35)8-6-19/h4-9,15-16,22,25,35H,2-3,10-14,17H2,1H3,(H,28,36)/t22-,25-/m0/s1. The second kappa shape index (κ2) is 10.4. The van der Waals surface area contributed by atoms with Crippen LogP contribution < -0.4 is 15.2 Å². The van der Waals surface area contributed by atoms with Crippen molar-refractivity contribution in [1.29, 1.82) is 0 Å². The molecule has 0 amide bonds.